The lowest BCUT2D eigenvalue weighted by Crippen LogP contribution is -2.38. The predicted molar refractivity (Wildman–Crippen MR) is 105 cm³/mol. The third-order valence-corrected chi connectivity index (χ3v) is 4.52. The van der Waals surface area contributed by atoms with Gasteiger partial charge in [-0.3, -0.25) is 0 Å². The van der Waals surface area contributed by atoms with E-state index in [1.165, 1.54) is 0 Å². The number of hydrogen-bond donors (Lipinski definition) is 1. The van der Waals surface area contributed by atoms with Crippen molar-refractivity contribution in [2.24, 2.45) is 0 Å². The van der Waals surface area contributed by atoms with Crippen LogP contribution < -0.4 is 10.1 Å². The molecule has 1 unspecified atom stereocenters. The van der Waals surface area contributed by atoms with Gasteiger partial charge >= 0.3 is 6.03 Å². The molecule has 0 heterocycles. The fraction of sp³-hybridized carbons (Fsp3) is 0.227. The van der Waals surface area contributed by atoms with Gasteiger partial charge in [0, 0.05) is 13.6 Å². The number of nitrogens with zero attached hydrogens (tertiary/aromatic N) is 1. The Morgan fingerprint density at radius 2 is 1.73 bits per heavy atom. The second-order valence-corrected chi connectivity index (χ2v) is 6.49. The lowest BCUT2D eigenvalue weighted by atomic mass is 10.1. The molecular formula is C22H24N2O2. The summed E-state index contributed by atoms with van der Waals surface area (Å²) in [4.78, 5) is 14.2. The number of fused-ring (bicyclic) bond motifs is 1. The van der Waals surface area contributed by atoms with E-state index in [0.29, 0.717) is 6.54 Å². The van der Waals surface area contributed by atoms with Crippen molar-refractivity contribution in [2.75, 3.05) is 14.2 Å². The highest BCUT2D eigenvalue weighted by atomic mass is 16.5. The van der Waals surface area contributed by atoms with Gasteiger partial charge in [0.2, 0.25) is 0 Å². The van der Waals surface area contributed by atoms with Gasteiger partial charge in [0.05, 0.1) is 13.2 Å². The van der Waals surface area contributed by atoms with Gasteiger partial charge in [-0.1, -0.05) is 48.5 Å². The summed E-state index contributed by atoms with van der Waals surface area (Å²) in [5.41, 5.74) is 2.18. The maximum absolute atomic E-state index is 12.5. The van der Waals surface area contributed by atoms with Gasteiger partial charge in [-0.05, 0) is 47.0 Å². The number of carbonyl (C=O) groups is 1. The van der Waals surface area contributed by atoms with E-state index in [-0.39, 0.29) is 12.1 Å². The second kappa shape index (κ2) is 7.91. The molecule has 0 aliphatic carbocycles. The van der Waals surface area contributed by atoms with Gasteiger partial charge in [-0.25, -0.2) is 4.79 Å². The van der Waals surface area contributed by atoms with Gasteiger partial charge in [0.15, 0.2) is 0 Å². The quantitative estimate of drug-likeness (QED) is 0.723. The molecule has 0 radical (unpaired) electrons. The van der Waals surface area contributed by atoms with E-state index >= 15 is 0 Å². The lowest BCUT2D eigenvalue weighted by Gasteiger charge is -2.22. The van der Waals surface area contributed by atoms with E-state index in [2.05, 4.69) is 17.4 Å². The maximum Gasteiger partial charge on any atom is 0.317 e. The number of ether oxygens (including phenoxy) is 1. The third-order valence-electron chi connectivity index (χ3n) is 4.52. The van der Waals surface area contributed by atoms with Gasteiger partial charge in [0.1, 0.15) is 5.75 Å². The molecule has 1 N–H and O–H groups in total. The van der Waals surface area contributed by atoms with Crippen LogP contribution in [0.1, 0.15) is 24.1 Å². The van der Waals surface area contributed by atoms with E-state index in [4.69, 9.17) is 4.74 Å². The number of methoxy groups -OCH3 is 1. The molecule has 0 aliphatic heterocycles. The largest absolute Gasteiger partial charge is 0.497 e. The molecule has 3 aromatic carbocycles. The normalized spacial score (nSPS) is 11.8. The van der Waals surface area contributed by atoms with Crippen molar-refractivity contribution in [3.05, 3.63) is 77.9 Å². The summed E-state index contributed by atoms with van der Waals surface area (Å²) in [6.07, 6.45) is 0. The Morgan fingerprint density at radius 3 is 2.46 bits per heavy atom. The third kappa shape index (κ3) is 4.14. The summed E-state index contributed by atoms with van der Waals surface area (Å²) in [5.74, 6) is 0.844. The molecule has 26 heavy (non-hydrogen) atoms. The van der Waals surface area contributed by atoms with Crippen LogP contribution in [0.25, 0.3) is 10.8 Å². The first-order valence-electron chi connectivity index (χ1n) is 8.70. The average molecular weight is 348 g/mol. The summed E-state index contributed by atoms with van der Waals surface area (Å²) < 4.78 is 5.26. The van der Waals surface area contributed by atoms with Crippen LogP contribution in [0, 0.1) is 0 Å². The van der Waals surface area contributed by atoms with Crippen LogP contribution in [-0.4, -0.2) is 25.1 Å². The molecule has 0 aromatic heterocycles. The van der Waals surface area contributed by atoms with E-state index < -0.39 is 0 Å². The van der Waals surface area contributed by atoms with Crippen LogP contribution in [0.4, 0.5) is 4.79 Å². The van der Waals surface area contributed by atoms with Crippen LogP contribution in [0.15, 0.2) is 66.7 Å². The van der Waals surface area contributed by atoms with E-state index in [1.54, 1.807) is 12.0 Å². The van der Waals surface area contributed by atoms with Crippen molar-refractivity contribution in [2.45, 2.75) is 19.5 Å². The second-order valence-electron chi connectivity index (χ2n) is 6.49. The zero-order valence-corrected chi connectivity index (χ0v) is 15.4. The van der Waals surface area contributed by atoms with Crippen molar-refractivity contribution in [3.63, 3.8) is 0 Å². The van der Waals surface area contributed by atoms with Crippen molar-refractivity contribution < 1.29 is 9.53 Å². The van der Waals surface area contributed by atoms with Crippen molar-refractivity contribution in [3.8, 4) is 5.75 Å². The number of carbonyl (C=O) groups excluding carboxylic acids is 1. The minimum absolute atomic E-state index is 0.0322. The Hall–Kier alpha value is -3.01. The number of amides is 2. The summed E-state index contributed by atoms with van der Waals surface area (Å²) >= 11 is 0. The molecule has 3 rings (SSSR count). The molecule has 0 bridgehead atoms. The molecule has 0 saturated carbocycles. The Bertz CT molecular complexity index is 893. The molecule has 4 heteroatoms. The van der Waals surface area contributed by atoms with Crippen LogP contribution in [0.3, 0.4) is 0 Å². The van der Waals surface area contributed by atoms with Crippen molar-refractivity contribution in [1.82, 2.24) is 10.2 Å². The van der Waals surface area contributed by atoms with E-state index in [0.717, 1.165) is 27.6 Å². The fourth-order valence-corrected chi connectivity index (χ4v) is 2.96. The molecule has 3 aromatic rings. The highest BCUT2D eigenvalue weighted by Gasteiger charge is 2.13. The van der Waals surface area contributed by atoms with Crippen molar-refractivity contribution >= 4 is 16.8 Å². The number of urea groups is 1. The lowest BCUT2D eigenvalue weighted by molar-refractivity contribution is 0.203. The number of rotatable bonds is 5. The van der Waals surface area contributed by atoms with Gasteiger partial charge in [-0.2, -0.15) is 0 Å². The van der Waals surface area contributed by atoms with Gasteiger partial charge < -0.3 is 15.0 Å². The Kier molecular flexibility index (Phi) is 5.42. The Morgan fingerprint density at radius 1 is 1.04 bits per heavy atom. The van der Waals surface area contributed by atoms with E-state index in [9.17, 15) is 4.79 Å². The highest BCUT2D eigenvalue weighted by Crippen LogP contribution is 2.22. The monoisotopic (exact) mass is 348 g/mol. The molecule has 1 atom stereocenters. The van der Waals surface area contributed by atoms with Crippen LogP contribution in [-0.2, 0) is 6.54 Å². The molecule has 0 fully saturated rings. The van der Waals surface area contributed by atoms with Gasteiger partial charge in [-0.15, -0.1) is 0 Å². The zero-order chi connectivity index (χ0) is 18.5. The first kappa shape index (κ1) is 17.8. The standard InChI is InChI=1S/C22H24N2O2/c1-16(18-7-5-4-6-8-18)23-22(25)24(2)15-17-9-10-20-14-21(26-3)12-11-19(20)13-17/h4-14,16H,15H2,1-3H3,(H,23,25). The number of benzene rings is 3. The number of hydrogen-bond acceptors (Lipinski definition) is 2. The highest BCUT2D eigenvalue weighted by molar-refractivity contribution is 5.84. The van der Waals surface area contributed by atoms with Gasteiger partial charge in [0.25, 0.3) is 0 Å². The smallest absolute Gasteiger partial charge is 0.317 e. The van der Waals surface area contributed by atoms with Crippen LogP contribution >= 0.6 is 0 Å². The predicted octanol–water partition coefficient (Wildman–Crippen LogP) is 4.75. The molecule has 4 nitrogen and oxygen atoms in total. The summed E-state index contributed by atoms with van der Waals surface area (Å²) in [6.45, 7) is 2.54. The summed E-state index contributed by atoms with van der Waals surface area (Å²) in [7, 11) is 3.48. The minimum atomic E-state index is -0.0869. The molecule has 2 amide bonds. The topological polar surface area (TPSA) is 41.6 Å². The first-order valence-corrected chi connectivity index (χ1v) is 8.70. The molecule has 0 aliphatic rings. The van der Waals surface area contributed by atoms with Crippen LogP contribution in [0.5, 0.6) is 5.75 Å². The van der Waals surface area contributed by atoms with Crippen LogP contribution in [0.2, 0.25) is 0 Å². The summed E-state index contributed by atoms with van der Waals surface area (Å²) in [6, 6.07) is 22.1. The van der Waals surface area contributed by atoms with Crippen molar-refractivity contribution in [1.29, 1.82) is 0 Å². The Labute approximate surface area is 154 Å². The fourth-order valence-electron chi connectivity index (χ4n) is 2.96. The zero-order valence-electron chi connectivity index (χ0n) is 15.4. The molecule has 134 valence electrons. The number of nitrogens with one attached hydrogen (secondary N) is 1. The maximum atomic E-state index is 12.5. The molecular weight excluding hydrogens is 324 g/mol. The summed E-state index contributed by atoms with van der Waals surface area (Å²) in [5, 5.41) is 5.30. The SMILES string of the molecule is COc1ccc2cc(CN(C)C(=O)NC(C)c3ccccc3)ccc2c1. The minimum Gasteiger partial charge on any atom is -0.497 e. The molecule has 0 saturated heterocycles. The Balaban J connectivity index is 1.66. The molecule has 0 spiro atoms. The first-order chi connectivity index (χ1) is 12.6. The average Bonchev–Trinajstić information content (AvgIpc) is 2.68. The van der Waals surface area contributed by atoms with E-state index in [1.807, 2.05) is 68.6 Å².